The number of hydrogen-bond acceptors (Lipinski definition) is 3. The molecule has 3 rings (SSSR count). The van der Waals surface area contributed by atoms with Gasteiger partial charge in [-0.05, 0) is 84.0 Å². The molecule has 0 unspecified atom stereocenters. The summed E-state index contributed by atoms with van der Waals surface area (Å²) in [7, 11) is 0. The maximum atomic E-state index is 10.9. The molecule has 0 aliphatic carbocycles. The van der Waals surface area contributed by atoms with Crippen LogP contribution in [0.1, 0.15) is 178 Å². The van der Waals surface area contributed by atoms with Crippen LogP contribution < -0.4 is 4.90 Å². The van der Waals surface area contributed by atoms with Gasteiger partial charge in [0.1, 0.15) is 0 Å². The maximum absolute atomic E-state index is 10.9. The number of rotatable bonds is 30. The first kappa shape index (κ1) is 44.7. The molecule has 4 heteroatoms. The predicted molar refractivity (Wildman–Crippen MR) is 238 cm³/mol. The Morgan fingerprint density at radius 2 is 0.759 bits per heavy atom. The van der Waals surface area contributed by atoms with Gasteiger partial charge in [0.25, 0.3) is 5.69 Å². The van der Waals surface area contributed by atoms with Crippen LogP contribution in [-0.4, -0.2) is 18.0 Å². The molecule has 0 saturated carbocycles. The average Bonchev–Trinajstić information content (AvgIpc) is 3.19. The van der Waals surface area contributed by atoms with Gasteiger partial charge in [-0.3, -0.25) is 10.1 Å². The van der Waals surface area contributed by atoms with Crippen LogP contribution in [-0.2, 0) is 0 Å². The van der Waals surface area contributed by atoms with E-state index < -0.39 is 0 Å². The van der Waals surface area contributed by atoms with Crippen LogP contribution in [0.25, 0.3) is 24.3 Å². The molecule has 0 heterocycles. The minimum atomic E-state index is -0.367. The van der Waals surface area contributed by atoms with E-state index in [-0.39, 0.29) is 10.6 Å². The maximum Gasteiger partial charge on any atom is 0.269 e. The minimum absolute atomic E-state index is 0.111. The predicted octanol–water partition coefficient (Wildman–Crippen LogP) is 15.9. The van der Waals surface area contributed by atoms with Crippen molar-refractivity contribution in [1.29, 1.82) is 0 Å². The molecule has 4 nitrogen and oxygen atoms in total. The summed E-state index contributed by atoms with van der Waals surface area (Å²) in [5.41, 5.74) is 5.94. The van der Waals surface area contributed by atoms with Crippen LogP contribution in [0.2, 0.25) is 0 Å². The lowest BCUT2D eigenvalue weighted by Gasteiger charge is -2.33. The Balaban J connectivity index is 1.75. The van der Waals surface area contributed by atoms with Crippen molar-refractivity contribution in [3.8, 4) is 0 Å². The van der Waals surface area contributed by atoms with Crippen molar-refractivity contribution in [3.63, 3.8) is 0 Å². The van der Waals surface area contributed by atoms with Crippen molar-refractivity contribution in [2.75, 3.05) is 18.0 Å². The summed E-state index contributed by atoms with van der Waals surface area (Å²) in [6, 6.07) is 24.6. The third-order valence-electron chi connectivity index (χ3n) is 11.1. The fourth-order valence-corrected chi connectivity index (χ4v) is 7.61. The molecule has 0 aliphatic rings. The smallest absolute Gasteiger partial charge is 0.269 e. The number of hydrogen-bond donors (Lipinski definition) is 0. The van der Waals surface area contributed by atoms with Gasteiger partial charge < -0.3 is 4.90 Å². The second-order valence-corrected chi connectivity index (χ2v) is 15.8. The molecule has 0 aliphatic heterocycles. The highest BCUT2D eigenvalue weighted by molar-refractivity contribution is 5.73. The molecular weight excluding hydrogens is 661 g/mol. The van der Waals surface area contributed by atoms with Crippen LogP contribution in [0.15, 0.2) is 72.8 Å². The number of nitrogens with zero attached hydrogens (tertiary/aromatic N) is 2. The van der Waals surface area contributed by atoms with Crippen molar-refractivity contribution >= 4 is 35.7 Å². The lowest BCUT2D eigenvalue weighted by atomic mass is 9.91. The lowest BCUT2D eigenvalue weighted by Crippen LogP contribution is -2.34. The Kier molecular flexibility index (Phi) is 23.1. The van der Waals surface area contributed by atoms with Crippen LogP contribution in [0.3, 0.4) is 0 Å². The largest absolute Gasteiger partial charge is 0.371 e. The zero-order valence-corrected chi connectivity index (χ0v) is 34.7. The molecular formula is C50H74N2O2. The highest BCUT2D eigenvalue weighted by Gasteiger charge is 2.19. The van der Waals surface area contributed by atoms with E-state index in [4.69, 9.17) is 0 Å². The number of nitro groups is 1. The Morgan fingerprint density at radius 3 is 1.06 bits per heavy atom. The van der Waals surface area contributed by atoms with Crippen molar-refractivity contribution in [1.82, 2.24) is 0 Å². The van der Waals surface area contributed by atoms with E-state index in [9.17, 15) is 10.1 Å². The third kappa shape index (κ3) is 18.6. The summed E-state index contributed by atoms with van der Waals surface area (Å²) < 4.78 is 0. The summed E-state index contributed by atoms with van der Waals surface area (Å²) >= 11 is 0. The lowest BCUT2D eigenvalue weighted by molar-refractivity contribution is -0.384. The second-order valence-electron chi connectivity index (χ2n) is 15.8. The van der Waals surface area contributed by atoms with E-state index in [2.05, 4.69) is 93.3 Å². The average molecular weight is 735 g/mol. The first-order valence-electron chi connectivity index (χ1n) is 22.0. The number of anilines is 1. The molecule has 0 bridgehead atoms. The molecule has 0 saturated heterocycles. The number of unbranched alkanes of at least 4 members (excludes halogenated alkanes) is 12. The molecule has 0 atom stereocenters. The fourth-order valence-electron chi connectivity index (χ4n) is 7.61. The summed E-state index contributed by atoms with van der Waals surface area (Å²) in [4.78, 5) is 13.4. The van der Waals surface area contributed by atoms with E-state index >= 15 is 0 Å². The van der Waals surface area contributed by atoms with Gasteiger partial charge in [-0.2, -0.15) is 0 Å². The highest BCUT2D eigenvalue weighted by atomic mass is 16.6. The van der Waals surface area contributed by atoms with Gasteiger partial charge in [0.05, 0.1) is 4.92 Å². The van der Waals surface area contributed by atoms with Crippen LogP contribution in [0.4, 0.5) is 11.4 Å². The second kappa shape index (κ2) is 27.9. The van der Waals surface area contributed by atoms with Crippen molar-refractivity contribution < 1.29 is 4.92 Å². The van der Waals surface area contributed by atoms with Gasteiger partial charge in [-0.1, -0.05) is 191 Å². The van der Waals surface area contributed by atoms with Gasteiger partial charge in [0.15, 0.2) is 0 Å². The fraction of sp³-hybridized carbons (Fsp3) is 0.560. The molecule has 0 N–H and O–H groups in total. The van der Waals surface area contributed by atoms with E-state index in [1.54, 1.807) is 24.3 Å². The van der Waals surface area contributed by atoms with Crippen molar-refractivity contribution in [2.45, 2.75) is 156 Å². The molecule has 3 aromatic rings. The number of nitro benzene ring substituents is 1. The van der Waals surface area contributed by atoms with Crippen molar-refractivity contribution in [2.24, 2.45) is 11.8 Å². The standard InChI is InChI=1S/C50H74N2O2/c1-5-9-13-17-21-47(22-18-14-10-6-2)41-51(42-48(23-19-15-11-7-3)24-20-16-12-8-4)49-37-33-45(34-38-49)31-29-43-25-27-44(28-26-43)30-32-46-35-39-50(40-36-46)52(53)54/h25-40,47-48H,5-24,41-42H2,1-4H3/b31-29+,32-30+. The Morgan fingerprint density at radius 1 is 0.463 bits per heavy atom. The third-order valence-corrected chi connectivity index (χ3v) is 11.1. The molecule has 0 aromatic heterocycles. The van der Waals surface area contributed by atoms with Gasteiger partial charge in [0, 0.05) is 30.9 Å². The normalized spacial score (nSPS) is 11.8. The summed E-state index contributed by atoms with van der Waals surface area (Å²) in [6.45, 7) is 11.7. The Hall–Kier alpha value is -3.66. The van der Waals surface area contributed by atoms with Crippen LogP contribution in [0, 0.1) is 22.0 Å². The first-order chi connectivity index (χ1) is 26.4. The van der Waals surface area contributed by atoms with Gasteiger partial charge >= 0.3 is 0 Å². The van der Waals surface area contributed by atoms with Gasteiger partial charge in [0.2, 0.25) is 0 Å². The quantitative estimate of drug-likeness (QED) is 0.0296. The zero-order valence-electron chi connectivity index (χ0n) is 34.7. The van der Waals surface area contributed by atoms with Crippen LogP contribution >= 0.6 is 0 Å². The topological polar surface area (TPSA) is 46.4 Å². The van der Waals surface area contributed by atoms with Crippen molar-refractivity contribution in [3.05, 3.63) is 105 Å². The summed E-state index contributed by atoms with van der Waals surface area (Å²) in [5, 5.41) is 10.9. The molecule has 0 amide bonds. The van der Waals surface area contributed by atoms with Gasteiger partial charge in [-0.15, -0.1) is 0 Å². The summed E-state index contributed by atoms with van der Waals surface area (Å²) in [5.74, 6) is 1.54. The molecule has 3 aromatic carbocycles. The molecule has 0 radical (unpaired) electrons. The van der Waals surface area contributed by atoms with Crippen LogP contribution in [0.5, 0.6) is 0 Å². The van der Waals surface area contributed by atoms with E-state index in [0.29, 0.717) is 0 Å². The zero-order chi connectivity index (χ0) is 38.6. The first-order valence-corrected chi connectivity index (χ1v) is 22.0. The number of benzene rings is 3. The summed E-state index contributed by atoms with van der Waals surface area (Å²) in [6.07, 6.45) is 35.6. The Bertz CT molecular complexity index is 1390. The SMILES string of the molecule is CCCCCCC(CCCCCC)CN(CC(CCCCCC)CCCCCC)c1ccc(/C=C/c2ccc(/C=C/c3ccc([N+](=O)[O-])cc3)cc2)cc1. The number of non-ortho nitro benzene ring substituents is 1. The monoisotopic (exact) mass is 735 g/mol. The molecule has 54 heavy (non-hydrogen) atoms. The molecule has 296 valence electrons. The Labute approximate surface area is 330 Å². The van der Waals surface area contributed by atoms with E-state index in [1.165, 1.54) is 153 Å². The van der Waals surface area contributed by atoms with E-state index in [0.717, 1.165) is 28.5 Å². The van der Waals surface area contributed by atoms with Gasteiger partial charge in [-0.25, -0.2) is 0 Å². The molecule has 0 fully saturated rings. The highest BCUT2D eigenvalue weighted by Crippen LogP contribution is 2.28. The van der Waals surface area contributed by atoms with E-state index in [1.807, 2.05) is 12.2 Å². The minimum Gasteiger partial charge on any atom is -0.371 e. The molecule has 0 spiro atoms.